The molecule has 0 saturated heterocycles. The zero-order valence-corrected chi connectivity index (χ0v) is 14.0. The number of methoxy groups -OCH3 is 1. The Morgan fingerprint density at radius 1 is 1.17 bits per heavy atom. The molecule has 0 amide bonds. The minimum absolute atomic E-state index is 0.390. The predicted octanol–water partition coefficient (Wildman–Crippen LogP) is 3.38. The van der Waals surface area contributed by atoms with Crippen molar-refractivity contribution in [2.24, 2.45) is 0 Å². The van der Waals surface area contributed by atoms with Gasteiger partial charge in [0, 0.05) is 13.1 Å². The fourth-order valence-electron chi connectivity index (χ4n) is 3.23. The van der Waals surface area contributed by atoms with Crippen LogP contribution < -0.4 is 4.74 Å². The van der Waals surface area contributed by atoms with Crippen molar-refractivity contribution in [3.05, 3.63) is 64.7 Å². The van der Waals surface area contributed by atoms with Gasteiger partial charge in [0.1, 0.15) is 5.75 Å². The van der Waals surface area contributed by atoms with Crippen molar-refractivity contribution < 1.29 is 14.6 Å². The molecule has 1 aliphatic heterocycles. The quantitative estimate of drug-likeness (QED) is 0.884. The second kappa shape index (κ2) is 7.49. The van der Waals surface area contributed by atoms with Crippen LogP contribution in [0.15, 0.2) is 42.5 Å². The Labute approximate surface area is 142 Å². The van der Waals surface area contributed by atoms with Crippen LogP contribution in [0.2, 0.25) is 0 Å². The highest BCUT2D eigenvalue weighted by Crippen LogP contribution is 2.21. The lowest BCUT2D eigenvalue weighted by molar-refractivity contribution is 0.0696. The van der Waals surface area contributed by atoms with Crippen LogP contribution in [0, 0.1) is 0 Å². The molecule has 4 nitrogen and oxygen atoms in total. The van der Waals surface area contributed by atoms with E-state index in [1.807, 2.05) is 24.3 Å². The molecule has 0 aromatic heterocycles. The van der Waals surface area contributed by atoms with Crippen LogP contribution in [0.5, 0.6) is 5.75 Å². The molecule has 1 aliphatic rings. The number of nitrogens with zero attached hydrogens (tertiary/aromatic N) is 1. The van der Waals surface area contributed by atoms with Gasteiger partial charge in [-0.1, -0.05) is 18.2 Å². The van der Waals surface area contributed by atoms with Gasteiger partial charge in [0.15, 0.2) is 0 Å². The lowest BCUT2D eigenvalue weighted by atomic mass is 9.97. The molecule has 0 saturated carbocycles. The molecule has 24 heavy (non-hydrogen) atoms. The van der Waals surface area contributed by atoms with Gasteiger partial charge in [-0.25, -0.2) is 4.79 Å². The van der Waals surface area contributed by atoms with E-state index in [1.165, 1.54) is 16.7 Å². The number of carboxylic acid groups (broad SMARTS) is 1. The number of benzene rings is 2. The number of aryl methyl sites for hydroxylation is 1. The Bertz CT molecular complexity index is 709. The molecule has 0 bridgehead atoms. The molecule has 0 aliphatic carbocycles. The topological polar surface area (TPSA) is 49.8 Å². The Morgan fingerprint density at radius 2 is 1.96 bits per heavy atom. The average Bonchev–Trinajstić information content (AvgIpc) is 2.61. The lowest BCUT2D eigenvalue weighted by Crippen LogP contribution is -2.31. The molecule has 2 aromatic carbocycles. The third-order valence-corrected chi connectivity index (χ3v) is 4.64. The van der Waals surface area contributed by atoms with E-state index in [0.29, 0.717) is 5.56 Å². The zero-order valence-electron chi connectivity index (χ0n) is 14.0. The molecule has 1 heterocycles. The first-order valence-corrected chi connectivity index (χ1v) is 8.36. The summed E-state index contributed by atoms with van der Waals surface area (Å²) in [6.07, 6.45) is 3.11. The maximum Gasteiger partial charge on any atom is 0.335 e. The molecule has 2 aromatic rings. The first-order valence-electron chi connectivity index (χ1n) is 8.36. The number of hydrogen-bond donors (Lipinski definition) is 1. The molecular formula is C20H23NO3. The fourth-order valence-corrected chi connectivity index (χ4v) is 3.23. The minimum atomic E-state index is -0.847. The summed E-state index contributed by atoms with van der Waals surface area (Å²) < 4.78 is 5.18. The van der Waals surface area contributed by atoms with Crippen molar-refractivity contribution in [3.8, 4) is 5.75 Å². The number of fused-ring (bicyclic) bond motifs is 1. The smallest absolute Gasteiger partial charge is 0.335 e. The maximum atomic E-state index is 11.0. The van der Waals surface area contributed by atoms with Crippen molar-refractivity contribution in [2.75, 3.05) is 20.2 Å². The van der Waals surface area contributed by atoms with Crippen molar-refractivity contribution in [1.29, 1.82) is 0 Å². The summed E-state index contributed by atoms with van der Waals surface area (Å²) in [5.74, 6) is 0.0480. The van der Waals surface area contributed by atoms with Crippen molar-refractivity contribution in [3.63, 3.8) is 0 Å². The third kappa shape index (κ3) is 3.95. The Balaban J connectivity index is 1.51. The van der Waals surface area contributed by atoms with Gasteiger partial charge in [0.25, 0.3) is 0 Å². The highest BCUT2D eigenvalue weighted by Gasteiger charge is 2.17. The molecule has 126 valence electrons. The Morgan fingerprint density at radius 3 is 2.67 bits per heavy atom. The normalized spacial score (nSPS) is 14.2. The Kier molecular flexibility index (Phi) is 5.16. The first-order chi connectivity index (χ1) is 11.7. The summed E-state index contributed by atoms with van der Waals surface area (Å²) in [5.41, 5.74) is 4.16. The summed E-state index contributed by atoms with van der Waals surface area (Å²) in [6.45, 7) is 2.97. The number of aromatic carboxylic acids is 1. The fraction of sp³-hybridized carbons (Fsp3) is 0.350. The molecule has 0 spiro atoms. The predicted molar refractivity (Wildman–Crippen MR) is 93.7 cm³/mol. The van der Waals surface area contributed by atoms with E-state index in [0.717, 1.165) is 44.6 Å². The number of hydrogen-bond acceptors (Lipinski definition) is 3. The number of rotatable bonds is 6. The van der Waals surface area contributed by atoms with Crippen LogP contribution in [0.4, 0.5) is 0 Å². The maximum absolute atomic E-state index is 11.0. The molecule has 1 N–H and O–H groups in total. The van der Waals surface area contributed by atoms with Gasteiger partial charge in [0.05, 0.1) is 12.7 Å². The van der Waals surface area contributed by atoms with E-state index in [1.54, 1.807) is 13.2 Å². The molecule has 0 atom stereocenters. The average molecular weight is 325 g/mol. The highest BCUT2D eigenvalue weighted by molar-refractivity contribution is 5.87. The third-order valence-electron chi connectivity index (χ3n) is 4.64. The molecular weight excluding hydrogens is 302 g/mol. The number of ether oxygens (including phenoxy) is 1. The summed E-state index contributed by atoms with van der Waals surface area (Å²) in [7, 11) is 1.68. The van der Waals surface area contributed by atoms with Crippen LogP contribution >= 0.6 is 0 Å². The minimum Gasteiger partial charge on any atom is -0.497 e. The molecule has 0 fully saturated rings. The van der Waals surface area contributed by atoms with E-state index in [9.17, 15) is 4.79 Å². The standard InChI is InChI=1S/C20H23NO3/c1-24-19-8-4-15(5-9-19)3-2-11-21-12-10-16-13-17(20(22)23)6-7-18(16)14-21/h4-9,13H,2-3,10-12,14H2,1H3,(H,22,23). The lowest BCUT2D eigenvalue weighted by Gasteiger charge is -2.29. The van der Waals surface area contributed by atoms with Crippen molar-refractivity contribution in [2.45, 2.75) is 25.8 Å². The van der Waals surface area contributed by atoms with Gasteiger partial charge in [-0.05, 0) is 66.8 Å². The van der Waals surface area contributed by atoms with Crippen LogP contribution in [-0.2, 0) is 19.4 Å². The number of carbonyl (C=O) groups is 1. The van der Waals surface area contributed by atoms with E-state index < -0.39 is 5.97 Å². The van der Waals surface area contributed by atoms with Crippen LogP contribution in [0.1, 0.15) is 33.5 Å². The summed E-state index contributed by atoms with van der Waals surface area (Å²) >= 11 is 0. The summed E-state index contributed by atoms with van der Waals surface area (Å²) in [4.78, 5) is 13.5. The highest BCUT2D eigenvalue weighted by atomic mass is 16.5. The van der Waals surface area contributed by atoms with Crippen LogP contribution in [-0.4, -0.2) is 36.2 Å². The SMILES string of the molecule is COc1ccc(CCCN2CCc3cc(C(=O)O)ccc3C2)cc1. The van der Waals surface area contributed by atoms with Crippen molar-refractivity contribution in [1.82, 2.24) is 4.90 Å². The monoisotopic (exact) mass is 325 g/mol. The molecule has 0 unspecified atom stereocenters. The molecule has 0 radical (unpaired) electrons. The van der Waals surface area contributed by atoms with E-state index in [-0.39, 0.29) is 0 Å². The van der Waals surface area contributed by atoms with Crippen LogP contribution in [0.3, 0.4) is 0 Å². The van der Waals surface area contributed by atoms with Gasteiger partial charge < -0.3 is 9.84 Å². The molecule has 3 rings (SSSR count). The largest absolute Gasteiger partial charge is 0.497 e. The second-order valence-corrected chi connectivity index (χ2v) is 6.27. The Hall–Kier alpha value is -2.33. The van der Waals surface area contributed by atoms with Gasteiger partial charge in [-0.15, -0.1) is 0 Å². The van der Waals surface area contributed by atoms with Crippen LogP contribution in [0.25, 0.3) is 0 Å². The van der Waals surface area contributed by atoms with Crippen molar-refractivity contribution >= 4 is 5.97 Å². The van der Waals surface area contributed by atoms with Gasteiger partial charge in [-0.2, -0.15) is 0 Å². The van der Waals surface area contributed by atoms with Gasteiger partial charge in [-0.3, -0.25) is 4.90 Å². The second-order valence-electron chi connectivity index (χ2n) is 6.27. The van der Waals surface area contributed by atoms with E-state index in [4.69, 9.17) is 9.84 Å². The summed E-state index contributed by atoms with van der Waals surface area (Å²) in [6, 6.07) is 13.8. The van der Waals surface area contributed by atoms with Gasteiger partial charge >= 0.3 is 5.97 Å². The first kappa shape index (κ1) is 16.5. The van der Waals surface area contributed by atoms with E-state index >= 15 is 0 Å². The summed E-state index contributed by atoms with van der Waals surface area (Å²) in [5, 5.41) is 9.08. The number of carboxylic acids is 1. The zero-order chi connectivity index (χ0) is 16.9. The van der Waals surface area contributed by atoms with E-state index in [2.05, 4.69) is 17.0 Å². The molecule has 4 heteroatoms. The van der Waals surface area contributed by atoms with Gasteiger partial charge in [0.2, 0.25) is 0 Å².